The number of benzene rings is 7. The van der Waals surface area contributed by atoms with Crippen LogP contribution in [0.3, 0.4) is 0 Å². The van der Waals surface area contributed by atoms with Crippen LogP contribution in [0.5, 0.6) is 0 Å². The van der Waals surface area contributed by atoms with E-state index in [4.69, 9.17) is 4.42 Å². The molecule has 45 heavy (non-hydrogen) atoms. The first kappa shape index (κ1) is 25.9. The lowest BCUT2D eigenvalue weighted by molar-refractivity contribution is 0.666. The van der Waals surface area contributed by atoms with E-state index in [2.05, 4.69) is 158 Å². The molecule has 0 fully saturated rings. The van der Waals surface area contributed by atoms with Gasteiger partial charge in [-0.25, -0.2) is 0 Å². The van der Waals surface area contributed by atoms with E-state index in [-0.39, 0.29) is 5.41 Å². The van der Waals surface area contributed by atoms with Gasteiger partial charge in [-0.1, -0.05) is 117 Å². The number of nitrogens with zero attached hydrogens (tertiary/aromatic N) is 1. The smallest absolute Gasteiger partial charge is 0.137 e. The van der Waals surface area contributed by atoms with Gasteiger partial charge in [-0.05, 0) is 86.6 Å². The van der Waals surface area contributed by atoms with Gasteiger partial charge in [-0.15, -0.1) is 0 Å². The number of anilines is 3. The van der Waals surface area contributed by atoms with Crippen LogP contribution in [0.1, 0.15) is 25.0 Å². The lowest BCUT2D eigenvalue weighted by Crippen LogP contribution is -2.15. The molecule has 1 heterocycles. The molecule has 0 amide bonds. The molecule has 1 aromatic heterocycles. The highest BCUT2D eigenvalue weighted by Crippen LogP contribution is 2.51. The van der Waals surface area contributed by atoms with E-state index in [1.165, 1.54) is 44.2 Å². The summed E-state index contributed by atoms with van der Waals surface area (Å²) in [7, 11) is 0. The molecule has 0 radical (unpaired) electrons. The lowest BCUT2D eigenvalue weighted by Gasteiger charge is -2.27. The number of hydrogen-bond donors (Lipinski definition) is 0. The minimum absolute atomic E-state index is 0.0633. The van der Waals surface area contributed by atoms with Crippen molar-refractivity contribution in [3.8, 4) is 22.3 Å². The highest BCUT2D eigenvalue weighted by Gasteiger charge is 2.36. The van der Waals surface area contributed by atoms with Crippen molar-refractivity contribution in [1.29, 1.82) is 0 Å². The zero-order valence-corrected chi connectivity index (χ0v) is 25.3. The molecule has 0 saturated heterocycles. The molecule has 214 valence electrons. The molecule has 1 aliphatic carbocycles. The first-order chi connectivity index (χ1) is 22.1. The van der Waals surface area contributed by atoms with E-state index in [0.29, 0.717) is 0 Å². The Morgan fingerprint density at radius 1 is 0.467 bits per heavy atom. The fraction of sp³-hybridized carbons (Fsp3) is 0.0698. The van der Waals surface area contributed by atoms with Gasteiger partial charge in [0.2, 0.25) is 0 Å². The van der Waals surface area contributed by atoms with Gasteiger partial charge in [0.1, 0.15) is 11.2 Å². The van der Waals surface area contributed by atoms with E-state index in [1.807, 2.05) is 12.1 Å². The van der Waals surface area contributed by atoms with Gasteiger partial charge in [0.25, 0.3) is 0 Å². The summed E-state index contributed by atoms with van der Waals surface area (Å²) in [6.45, 7) is 4.71. The maximum atomic E-state index is 6.34. The number of para-hydroxylation sites is 1. The number of hydrogen-bond acceptors (Lipinski definition) is 2. The van der Waals surface area contributed by atoms with Crippen molar-refractivity contribution in [2.45, 2.75) is 19.3 Å². The highest BCUT2D eigenvalue weighted by molar-refractivity contribution is 6.06. The average molecular weight is 578 g/mol. The molecule has 0 N–H and O–H groups in total. The average Bonchev–Trinajstić information content (AvgIpc) is 3.57. The standard InChI is InChI=1S/C43H31NO/c1-43(2)39-14-8-6-12-35(39)38-23-18-30-26-32(21-24-34(30)42(38)43)44(31-19-16-29(17-20-31)28-10-4-3-5-11-28)33-22-25-37-36-13-7-9-15-40(36)45-41(37)27-33/h3-27H,1-2H3. The summed E-state index contributed by atoms with van der Waals surface area (Å²) in [6.07, 6.45) is 0. The molecule has 0 spiro atoms. The Kier molecular flexibility index (Phi) is 5.58. The third-order valence-corrected chi connectivity index (χ3v) is 9.63. The molecule has 0 saturated carbocycles. The van der Waals surface area contributed by atoms with Crippen molar-refractivity contribution in [1.82, 2.24) is 0 Å². The van der Waals surface area contributed by atoms with Crippen molar-refractivity contribution < 1.29 is 4.42 Å². The highest BCUT2D eigenvalue weighted by atomic mass is 16.3. The van der Waals surface area contributed by atoms with Gasteiger partial charge >= 0.3 is 0 Å². The maximum Gasteiger partial charge on any atom is 0.137 e. The Labute approximate surface area is 262 Å². The molecule has 0 aliphatic heterocycles. The fourth-order valence-electron chi connectivity index (χ4n) is 7.49. The largest absolute Gasteiger partial charge is 0.456 e. The van der Waals surface area contributed by atoms with E-state index in [9.17, 15) is 0 Å². The zero-order chi connectivity index (χ0) is 30.1. The van der Waals surface area contributed by atoms with Gasteiger partial charge in [0, 0.05) is 39.3 Å². The van der Waals surface area contributed by atoms with E-state index >= 15 is 0 Å². The van der Waals surface area contributed by atoms with Crippen LogP contribution in [-0.2, 0) is 5.41 Å². The van der Waals surface area contributed by atoms with Crippen LogP contribution < -0.4 is 4.90 Å². The third-order valence-electron chi connectivity index (χ3n) is 9.63. The molecule has 2 heteroatoms. The van der Waals surface area contributed by atoms with Crippen LogP contribution in [0.15, 0.2) is 156 Å². The minimum atomic E-state index is -0.0633. The Bertz CT molecular complexity index is 2400. The summed E-state index contributed by atoms with van der Waals surface area (Å²) in [5.41, 5.74) is 12.9. The van der Waals surface area contributed by atoms with E-state index in [1.54, 1.807) is 0 Å². The van der Waals surface area contributed by atoms with Crippen molar-refractivity contribution >= 4 is 49.8 Å². The van der Waals surface area contributed by atoms with Crippen LogP contribution in [0.25, 0.3) is 55.0 Å². The molecule has 1 aliphatic rings. The minimum Gasteiger partial charge on any atom is -0.456 e. The van der Waals surface area contributed by atoms with Gasteiger partial charge < -0.3 is 9.32 Å². The summed E-state index contributed by atoms with van der Waals surface area (Å²) < 4.78 is 6.34. The zero-order valence-electron chi connectivity index (χ0n) is 25.3. The second-order valence-electron chi connectivity index (χ2n) is 12.6. The first-order valence-electron chi connectivity index (χ1n) is 15.6. The monoisotopic (exact) mass is 577 g/mol. The third kappa shape index (κ3) is 3.96. The topological polar surface area (TPSA) is 16.4 Å². The van der Waals surface area contributed by atoms with Crippen LogP contribution in [0.4, 0.5) is 17.1 Å². The first-order valence-corrected chi connectivity index (χ1v) is 15.6. The van der Waals surface area contributed by atoms with E-state index in [0.717, 1.165) is 39.0 Å². The van der Waals surface area contributed by atoms with Crippen molar-refractivity contribution in [3.05, 3.63) is 163 Å². The maximum absolute atomic E-state index is 6.34. The van der Waals surface area contributed by atoms with Crippen molar-refractivity contribution in [2.24, 2.45) is 0 Å². The SMILES string of the molecule is CC1(C)c2ccccc2-c2ccc3cc(N(c4ccc(-c5ccccc5)cc4)c4ccc5c(c4)oc4ccccc45)ccc3c21. The summed E-state index contributed by atoms with van der Waals surface area (Å²) in [5.74, 6) is 0. The predicted octanol–water partition coefficient (Wildman–Crippen LogP) is 12.2. The summed E-state index contributed by atoms with van der Waals surface area (Å²) in [4.78, 5) is 2.34. The van der Waals surface area contributed by atoms with Gasteiger partial charge in [0.05, 0.1) is 0 Å². The van der Waals surface area contributed by atoms with Gasteiger partial charge in [0.15, 0.2) is 0 Å². The van der Waals surface area contributed by atoms with Crippen LogP contribution >= 0.6 is 0 Å². The Balaban J connectivity index is 1.22. The van der Waals surface area contributed by atoms with Crippen LogP contribution in [-0.4, -0.2) is 0 Å². The Morgan fingerprint density at radius 2 is 1.11 bits per heavy atom. The molecule has 0 atom stereocenters. The normalized spacial score (nSPS) is 13.3. The van der Waals surface area contributed by atoms with Gasteiger partial charge in [-0.3, -0.25) is 0 Å². The van der Waals surface area contributed by atoms with Crippen LogP contribution in [0, 0.1) is 0 Å². The molecule has 7 aromatic carbocycles. The second-order valence-corrected chi connectivity index (χ2v) is 12.6. The van der Waals surface area contributed by atoms with Crippen LogP contribution in [0.2, 0.25) is 0 Å². The second kappa shape index (κ2) is 9.70. The number of furan rings is 1. The summed E-state index contributed by atoms with van der Waals surface area (Å²) in [6, 6.07) is 54.6. The van der Waals surface area contributed by atoms with E-state index < -0.39 is 0 Å². The molecular formula is C43H31NO. The lowest BCUT2D eigenvalue weighted by atomic mass is 9.80. The summed E-state index contributed by atoms with van der Waals surface area (Å²) in [5, 5.41) is 4.82. The van der Waals surface area contributed by atoms with Crippen molar-refractivity contribution in [3.63, 3.8) is 0 Å². The molecule has 9 rings (SSSR count). The predicted molar refractivity (Wildman–Crippen MR) is 189 cm³/mol. The Hall–Kier alpha value is -5.60. The molecule has 8 aromatic rings. The quantitative estimate of drug-likeness (QED) is 0.207. The summed E-state index contributed by atoms with van der Waals surface area (Å²) >= 11 is 0. The number of rotatable bonds is 4. The fourth-order valence-corrected chi connectivity index (χ4v) is 7.49. The number of fused-ring (bicyclic) bond motifs is 8. The molecule has 0 unspecified atom stereocenters. The molecular weight excluding hydrogens is 546 g/mol. The van der Waals surface area contributed by atoms with Crippen molar-refractivity contribution in [2.75, 3.05) is 4.90 Å². The molecule has 2 nitrogen and oxygen atoms in total. The molecule has 0 bridgehead atoms. The Morgan fingerprint density at radius 3 is 1.96 bits per heavy atom. The van der Waals surface area contributed by atoms with Gasteiger partial charge in [-0.2, -0.15) is 0 Å².